The van der Waals surface area contributed by atoms with E-state index in [0.717, 1.165) is 18.4 Å². The number of aryl methyl sites for hydroxylation is 2. The Bertz CT molecular complexity index is 2030. The predicted octanol–water partition coefficient (Wildman–Crippen LogP) is 6.46. The number of rotatable bonds is 10. The van der Waals surface area contributed by atoms with Crippen LogP contribution in [0.5, 0.6) is 0 Å². The van der Waals surface area contributed by atoms with Crippen LogP contribution in [0.25, 0.3) is 21.9 Å². The minimum absolute atomic E-state index is 0.0757. The van der Waals surface area contributed by atoms with Gasteiger partial charge in [-0.2, -0.15) is 0 Å². The Labute approximate surface area is 286 Å². The van der Waals surface area contributed by atoms with Crippen molar-refractivity contribution in [2.45, 2.75) is 58.3 Å². The molecule has 7 rings (SSSR count). The molecule has 1 aliphatic heterocycles. The first-order valence-electron chi connectivity index (χ1n) is 16.3. The summed E-state index contributed by atoms with van der Waals surface area (Å²) in [4.78, 5) is 33.2. The number of nitrogens with two attached hydrogens (primary N) is 1. The fourth-order valence-electron chi connectivity index (χ4n) is 6.77. The van der Waals surface area contributed by atoms with Crippen LogP contribution in [0.3, 0.4) is 0 Å². The quantitative estimate of drug-likeness (QED) is 0.171. The summed E-state index contributed by atoms with van der Waals surface area (Å²) in [6.07, 6.45) is 2.23. The van der Waals surface area contributed by atoms with E-state index in [1.807, 2.05) is 26.0 Å². The Morgan fingerprint density at radius 3 is 2.47 bits per heavy atom. The summed E-state index contributed by atoms with van der Waals surface area (Å²) in [7, 11) is 0. The van der Waals surface area contributed by atoms with Crippen LogP contribution in [0.4, 0.5) is 4.39 Å². The molecule has 252 valence electrons. The van der Waals surface area contributed by atoms with E-state index < -0.39 is 11.7 Å². The van der Waals surface area contributed by atoms with Gasteiger partial charge in [-0.15, -0.1) is 21.5 Å². The Hall–Kier alpha value is -4.78. The van der Waals surface area contributed by atoms with Gasteiger partial charge in [0.25, 0.3) is 11.8 Å². The van der Waals surface area contributed by atoms with E-state index >= 15 is 0 Å². The van der Waals surface area contributed by atoms with Crippen molar-refractivity contribution < 1.29 is 27.9 Å². The molecule has 0 unspecified atom stereocenters. The van der Waals surface area contributed by atoms with E-state index in [0.29, 0.717) is 63.4 Å². The summed E-state index contributed by atoms with van der Waals surface area (Å²) in [5.74, 6) is -2.03. The van der Waals surface area contributed by atoms with E-state index in [9.17, 15) is 14.0 Å². The molecule has 2 aromatic carbocycles. The maximum absolute atomic E-state index is 14.0. The van der Waals surface area contributed by atoms with Crippen LogP contribution in [0, 0.1) is 18.7 Å². The minimum Gasteiger partial charge on any atom is -0.421 e. The van der Waals surface area contributed by atoms with Gasteiger partial charge in [-0.3, -0.25) is 14.6 Å². The van der Waals surface area contributed by atoms with E-state index in [-0.39, 0.29) is 41.6 Å². The molecule has 0 radical (unpaired) electrons. The molecule has 0 spiro atoms. The molecule has 1 aliphatic carbocycles. The third-order valence-electron chi connectivity index (χ3n) is 8.89. The number of aromatic nitrogens is 3. The number of hydrogen-bond donors (Lipinski definition) is 2. The zero-order valence-corrected chi connectivity index (χ0v) is 28.2. The van der Waals surface area contributed by atoms with Gasteiger partial charge in [-0.25, -0.2) is 4.39 Å². The zero-order valence-electron chi connectivity index (χ0n) is 27.4. The van der Waals surface area contributed by atoms with Gasteiger partial charge in [0.05, 0.1) is 46.6 Å². The van der Waals surface area contributed by atoms with E-state index in [4.69, 9.17) is 24.6 Å². The summed E-state index contributed by atoms with van der Waals surface area (Å²) < 4.78 is 32.5. The molecule has 1 atom stereocenters. The number of hydrogen-bond acceptors (Lipinski definition) is 9. The summed E-state index contributed by atoms with van der Waals surface area (Å²) in [5, 5.41) is 11.6. The molecule has 4 heterocycles. The van der Waals surface area contributed by atoms with Crippen molar-refractivity contribution >= 4 is 23.2 Å². The van der Waals surface area contributed by atoms with Gasteiger partial charge >= 0.3 is 0 Å². The van der Waals surface area contributed by atoms with Crippen LogP contribution in [0.1, 0.15) is 80.3 Å². The van der Waals surface area contributed by atoms with Gasteiger partial charge < -0.3 is 24.9 Å². The molecule has 0 saturated carbocycles. The van der Waals surface area contributed by atoms with E-state index in [1.54, 1.807) is 31.2 Å². The highest BCUT2D eigenvalue weighted by atomic mass is 32.1. The lowest BCUT2D eigenvalue weighted by Crippen LogP contribution is -2.31. The van der Waals surface area contributed by atoms with Crippen molar-refractivity contribution in [1.82, 2.24) is 20.5 Å². The normalized spacial score (nSPS) is 16.6. The van der Waals surface area contributed by atoms with Gasteiger partial charge in [0, 0.05) is 29.3 Å². The number of halogens is 1. The van der Waals surface area contributed by atoms with E-state index in [1.165, 1.54) is 29.0 Å². The SMILES string of the molecule is Cc1nnc(-c2c(CC3(c4ccc(F)cc4)OCCO3)nc(CC(C)C)c(C(N)=O)c2-c2ccc(C(=O)N[C@@H]3CCc4ccccc43)s2)o1. The highest BCUT2D eigenvalue weighted by Gasteiger charge is 2.42. The molecule has 3 aromatic heterocycles. The molecule has 2 aliphatic rings. The topological polar surface area (TPSA) is 142 Å². The maximum Gasteiger partial charge on any atom is 0.261 e. The lowest BCUT2D eigenvalue weighted by Gasteiger charge is -2.29. The highest BCUT2D eigenvalue weighted by molar-refractivity contribution is 7.17. The number of nitrogens with zero attached hydrogens (tertiary/aromatic N) is 3. The van der Waals surface area contributed by atoms with Crippen molar-refractivity contribution in [1.29, 1.82) is 0 Å². The van der Waals surface area contributed by atoms with Crippen molar-refractivity contribution in [3.05, 3.63) is 111 Å². The molecule has 12 heteroatoms. The number of amides is 2. The van der Waals surface area contributed by atoms with Crippen molar-refractivity contribution in [2.75, 3.05) is 13.2 Å². The van der Waals surface area contributed by atoms with Crippen molar-refractivity contribution in [3.8, 4) is 21.9 Å². The Morgan fingerprint density at radius 2 is 1.78 bits per heavy atom. The molecule has 10 nitrogen and oxygen atoms in total. The molecule has 0 bridgehead atoms. The van der Waals surface area contributed by atoms with Gasteiger partial charge in [0.15, 0.2) is 0 Å². The van der Waals surface area contributed by atoms with Gasteiger partial charge in [0.1, 0.15) is 5.82 Å². The fourth-order valence-corrected chi connectivity index (χ4v) is 7.74. The second-order valence-electron chi connectivity index (χ2n) is 12.8. The maximum atomic E-state index is 14.0. The number of nitrogens with one attached hydrogen (secondary N) is 1. The molecule has 1 saturated heterocycles. The first kappa shape index (κ1) is 32.8. The molecule has 1 fully saturated rings. The van der Waals surface area contributed by atoms with Crippen LogP contribution in [0.2, 0.25) is 0 Å². The average Bonchev–Trinajstić information content (AvgIpc) is 3.89. The van der Waals surface area contributed by atoms with Crippen LogP contribution in [0.15, 0.2) is 65.1 Å². The van der Waals surface area contributed by atoms with Crippen LogP contribution < -0.4 is 11.1 Å². The molecule has 49 heavy (non-hydrogen) atoms. The third kappa shape index (κ3) is 6.39. The lowest BCUT2D eigenvalue weighted by atomic mass is 9.89. The number of benzene rings is 2. The van der Waals surface area contributed by atoms with Crippen molar-refractivity contribution in [3.63, 3.8) is 0 Å². The molecule has 2 amide bonds. The van der Waals surface area contributed by atoms with Crippen molar-refractivity contribution in [2.24, 2.45) is 11.7 Å². The van der Waals surface area contributed by atoms with Crippen LogP contribution in [-0.4, -0.2) is 40.2 Å². The van der Waals surface area contributed by atoms with Gasteiger partial charge in [0.2, 0.25) is 17.6 Å². The Kier molecular flexibility index (Phi) is 8.86. The lowest BCUT2D eigenvalue weighted by molar-refractivity contribution is -0.165. The summed E-state index contributed by atoms with van der Waals surface area (Å²) >= 11 is 1.24. The number of pyridine rings is 1. The largest absolute Gasteiger partial charge is 0.421 e. The molecular weight excluding hydrogens is 646 g/mol. The fraction of sp³-hybridized carbons (Fsp3) is 0.324. The number of primary amides is 1. The summed E-state index contributed by atoms with van der Waals surface area (Å²) in [6.45, 7) is 6.35. The predicted molar refractivity (Wildman–Crippen MR) is 181 cm³/mol. The van der Waals surface area contributed by atoms with E-state index in [2.05, 4.69) is 27.6 Å². The number of ether oxygens (including phenoxy) is 2. The second-order valence-corrected chi connectivity index (χ2v) is 13.9. The number of thiophene rings is 1. The first-order chi connectivity index (χ1) is 23.6. The zero-order chi connectivity index (χ0) is 34.3. The molecular formula is C37H36FN5O5S. The summed E-state index contributed by atoms with van der Waals surface area (Å²) in [5.41, 5.74) is 11.1. The first-order valence-corrected chi connectivity index (χ1v) is 17.1. The Morgan fingerprint density at radius 1 is 1.02 bits per heavy atom. The Balaban J connectivity index is 1.38. The smallest absolute Gasteiger partial charge is 0.261 e. The van der Waals surface area contributed by atoms with Crippen LogP contribution in [-0.2, 0) is 34.5 Å². The van der Waals surface area contributed by atoms with Gasteiger partial charge in [-0.1, -0.05) is 50.2 Å². The standard InChI is InChI=1S/C37H36FN5O5S/c1-20(2)18-27-31(34(39)44)33(29-14-15-30(49-29)35(45)41-26-13-8-22-6-4-5-7-25(22)26)32(36-43-42-21(3)48-36)28(40-27)19-37(46-16-17-47-37)23-9-11-24(38)12-10-23/h4-7,9-12,14-15,20,26H,8,13,16-19H2,1-3H3,(H2,39,44)(H,41,45)/t26-/m1/s1. The minimum atomic E-state index is -1.30. The third-order valence-corrected chi connectivity index (χ3v) is 9.99. The number of fused-ring (bicyclic) bond motifs is 1. The monoisotopic (exact) mass is 681 g/mol. The van der Waals surface area contributed by atoms with Crippen LogP contribution >= 0.6 is 11.3 Å². The summed E-state index contributed by atoms with van der Waals surface area (Å²) in [6, 6.07) is 17.5. The molecule has 3 N–H and O–H groups in total. The van der Waals surface area contributed by atoms with Gasteiger partial charge in [-0.05, 0) is 60.6 Å². The average molecular weight is 682 g/mol. The number of carbonyl (C=O) groups is 2. The number of carbonyl (C=O) groups excluding carboxylic acids is 2. The highest BCUT2D eigenvalue weighted by Crippen LogP contribution is 2.45. The molecule has 5 aromatic rings. The second kappa shape index (κ2) is 13.3.